The van der Waals surface area contributed by atoms with E-state index in [0.717, 1.165) is 4.90 Å². The highest BCUT2D eigenvalue weighted by Crippen LogP contribution is 2.26. The standard InChI is InChI=1S/C13H18O2S/c1-10(15-12(14)13(2,3)4)16-11-8-6-5-7-9-11/h5-10H,1-4H3. The predicted molar refractivity (Wildman–Crippen MR) is 67.3 cm³/mol. The molecule has 88 valence electrons. The van der Waals surface area contributed by atoms with E-state index in [1.807, 2.05) is 58.0 Å². The molecule has 0 N–H and O–H groups in total. The van der Waals surface area contributed by atoms with Gasteiger partial charge >= 0.3 is 5.97 Å². The third kappa shape index (κ3) is 4.27. The minimum Gasteiger partial charge on any atom is -0.451 e. The number of thioether (sulfide) groups is 1. The van der Waals surface area contributed by atoms with Crippen molar-refractivity contribution >= 4 is 17.7 Å². The molecule has 0 fully saturated rings. The Morgan fingerprint density at radius 1 is 1.25 bits per heavy atom. The maximum absolute atomic E-state index is 11.6. The monoisotopic (exact) mass is 238 g/mol. The minimum absolute atomic E-state index is 0.158. The smallest absolute Gasteiger partial charge is 0.312 e. The molecule has 0 bridgehead atoms. The van der Waals surface area contributed by atoms with Crippen LogP contribution in [0.15, 0.2) is 35.2 Å². The Morgan fingerprint density at radius 2 is 1.81 bits per heavy atom. The first-order chi connectivity index (χ1) is 7.39. The zero-order chi connectivity index (χ0) is 12.2. The van der Waals surface area contributed by atoms with Gasteiger partial charge in [-0.25, -0.2) is 0 Å². The largest absolute Gasteiger partial charge is 0.451 e. The molecule has 0 saturated carbocycles. The lowest BCUT2D eigenvalue weighted by Gasteiger charge is -2.20. The lowest BCUT2D eigenvalue weighted by Crippen LogP contribution is -2.25. The highest BCUT2D eigenvalue weighted by atomic mass is 32.2. The van der Waals surface area contributed by atoms with Gasteiger partial charge in [-0.1, -0.05) is 30.0 Å². The number of hydrogen-bond donors (Lipinski definition) is 0. The summed E-state index contributed by atoms with van der Waals surface area (Å²) in [5.41, 5.74) is -0.597. The molecule has 1 unspecified atom stereocenters. The van der Waals surface area contributed by atoms with E-state index in [1.54, 1.807) is 11.8 Å². The molecule has 0 amide bonds. The number of esters is 1. The van der Waals surface area contributed by atoms with E-state index in [2.05, 4.69) is 0 Å². The van der Waals surface area contributed by atoms with Gasteiger partial charge in [0.05, 0.1) is 5.41 Å². The van der Waals surface area contributed by atoms with Crippen molar-refractivity contribution in [2.24, 2.45) is 5.41 Å². The summed E-state index contributed by atoms with van der Waals surface area (Å²) < 4.78 is 5.34. The highest BCUT2D eigenvalue weighted by molar-refractivity contribution is 7.99. The molecule has 3 heteroatoms. The summed E-state index contributed by atoms with van der Waals surface area (Å²) in [6, 6.07) is 9.93. The molecule has 0 saturated heterocycles. The van der Waals surface area contributed by atoms with Crippen LogP contribution in [0.3, 0.4) is 0 Å². The van der Waals surface area contributed by atoms with Crippen LogP contribution in [0, 0.1) is 5.41 Å². The van der Waals surface area contributed by atoms with Crippen molar-refractivity contribution in [1.29, 1.82) is 0 Å². The second-order valence-corrected chi connectivity index (χ2v) is 6.02. The van der Waals surface area contributed by atoms with Gasteiger partial charge < -0.3 is 4.74 Å². The molecule has 2 nitrogen and oxygen atoms in total. The van der Waals surface area contributed by atoms with Crippen LogP contribution in [0.1, 0.15) is 27.7 Å². The molecule has 1 rings (SSSR count). The van der Waals surface area contributed by atoms with E-state index in [0.29, 0.717) is 0 Å². The zero-order valence-corrected chi connectivity index (χ0v) is 11.0. The first-order valence-corrected chi connectivity index (χ1v) is 6.20. The van der Waals surface area contributed by atoms with Crippen LogP contribution in [0.5, 0.6) is 0 Å². The van der Waals surface area contributed by atoms with Crippen LogP contribution in [0.4, 0.5) is 0 Å². The predicted octanol–water partition coefficient (Wildman–Crippen LogP) is 3.71. The fourth-order valence-electron chi connectivity index (χ4n) is 1.04. The average Bonchev–Trinajstić information content (AvgIpc) is 2.17. The summed E-state index contributed by atoms with van der Waals surface area (Å²) in [4.78, 5) is 12.7. The van der Waals surface area contributed by atoms with Gasteiger partial charge in [0.15, 0.2) is 0 Å². The third-order valence-electron chi connectivity index (χ3n) is 1.93. The van der Waals surface area contributed by atoms with Crippen LogP contribution in [-0.2, 0) is 9.53 Å². The number of rotatable bonds is 3. The fourth-order valence-corrected chi connectivity index (χ4v) is 1.88. The molecule has 0 aliphatic rings. The molecule has 0 spiro atoms. The van der Waals surface area contributed by atoms with E-state index >= 15 is 0 Å². The van der Waals surface area contributed by atoms with Crippen molar-refractivity contribution in [3.63, 3.8) is 0 Å². The Hall–Kier alpha value is -0.960. The Bertz CT molecular complexity index is 341. The number of benzene rings is 1. The Kier molecular flexibility index (Phi) is 4.42. The van der Waals surface area contributed by atoms with E-state index in [9.17, 15) is 4.79 Å². The van der Waals surface area contributed by atoms with E-state index in [1.165, 1.54) is 0 Å². The van der Waals surface area contributed by atoms with Gasteiger partial charge in [0.1, 0.15) is 5.44 Å². The SMILES string of the molecule is CC(OC(=O)C(C)(C)C)Sc1ccccc1. The van der Waals surface area contributed by atoms with Gasteiger partial charge in [0.25, 0.3) is 0 Å². The topological polar surface area (TPSA) is 26.3 Å². The van der Waals surface area contributed by atoms with Gasteiger partial charge in [-0.05, 0) is 39.8 Å². The Labute approximate surface area is 101 Å². The first kappa shape index (κ1) is 13.1. The molecular weight excluding hydrogens is 220 g/mol. The molecule has 0 aromatic heterocycles. The maximum atomic E-state index is 11.6. The molecule has 16 heavy (non-hydrogen) atoms. The van der Waals surface area contributed by atoms with Crippen molar-refractivity contribution in [3.8, 4) is 0 Å². The molecule has 1 aromatic rings. The number of carbonyl (C=O) groups excluding carboxylic acids is 1. The molecule has 1 aromatic carbocycles. The Balaban J connectivity index is 2.49. The first-order valence-electron chi connectivity index (χ1n) is 5.32. The summed E-state index contributed by atoms with van der Waals surface area (Å²) >= 11 is 1.54. The zero-order valence-electron chi connectivity index (χ0n) is 10.2. The van der Waals surface area contributed by atoms with E-state index in [-0.39, 0.29) is 11.4 Å². The van der Waals surface area contributed by atoms with Crippen LogP contribution >= 0.6 is 11.8 Å². The van der Waals surface area contributed by atoms with Crippen molar-refractivity contribution in [2.45, 2.75) is 38.0 Å². The highest BCUT2D eigenvalue weighted by Gasteiger charge is 2.25. The molecule has 0 aliphatic heterocycles. The maximum Gasteiger partial charge on any atom is 0.312 e. The lowest BCUT2D eigenvalue weighted by atomic mass is 9.97. The Morgan fingerprint density at radius 3 is 2.31 bits per heavy atom. The van der Waals surface area contributed by atoms with Gasteiger partial charge in [-0.15, -0.1) is 0 Å². The number of carbonyl (C=O) groups is 1. The number of ether oxygens (including phenoxy) is 1. The van der Waals surface area contributed by atoms with Crippen LogP contribution in [0.25, 0.3) is 0 Å². The van der Waals surface area contributed by atoms with Crippen LogP contribution in [-0.4, -0.2) is 11.4 Å². The van der Waals surface area contributed by atoms with Crippen LogP contribution in [0.2, 0.25) is 0 Å². The van der Waals surface area contributed by atoms with Crippen molar-refractivity contribution in [1.82, 2.24) is 0 Å². The van der Waals surface area contributed by atoms with Gasteiger partial charge in [0, 0.05) is 4.90 Å². The van der Waals surface area contributed by atoms with Crippen molar-refractivity contribution in [3.05, 3.63) is 30.3 Å². The van der Waals surface area contributed by atoms with E-state index in [4.69, 9.17) is 4.74 Å². The summed E-state index contributed by atoms with van der Waals surface area (Å²) in [6.07, 6.45) is 0. The second kappa shape index (κ2) is 5.39. The van der Waals surface area contributed by atoms with Crippen LogP contribution < -0.4 is 0 Å². The summed E-state index contributed by atoms with van der Waals surface area (Å²) in [7, 11) is 0. The summed E-state index contributed by atoms with van der Waals surface area (Å²) in [6.45, 7) is 7.46. The quantitative estimate of drug-likeness (QED) is 0.456. The normalized spacial score (nSPS) is 13.2. The minimum atomic E-state index is -0.439. The third-order valence-corrected chi connectivity index (χ3v) is 2.90. The average molecular weight is 238 g/mol. The fraction of sp³-hybridized carbons (Fsp3) is 0.462. The lowest BCUT2D eigenvalue weighted by molar-refractivity contribution is -0.153. The van der Waals surface area contributed by atoms with Gasteiger partial charge in [-0.2, -0.15) is 0 Å². The molecule has 0 heterocycles. The van der Waals surface area contributed by atoms with Crippen molar-refractivity contribution < 1.29 is 9.53 Å². The van der Waals surface area contributed by atoms with Gasteiger partial charge in [-0.3, -0.25) is 4.79 Å². The second-order valence-electron chi connectivity index (χ2n) is 4.65. The molecular formula is C13H18O2S. The molecule has 1 atom stereocenters. The molecule has 0 radical (unpaired) electrons. The summed E-state index contributed by atoms with van der Waals surface area (Å²) in [5, 5.41) is 0. The van der Waals surface area contributed by atoms with Gasteiger partial charge in [0.2, 0.25) is 0 Å². The number of hydrogen-bond acceptors (Lipinski definition) is 3. The van der Waals surface area contributed by atoms with E-state index < -0.39 is 5.41 Å². The molecule has 0 aliphatic carbocycles. The summed E-state index contributed by atoms with van der Waals surface area (Å²) in [5.74, 6) is -0.163. The van der Waals surface area contributed by atoms with Crippen molar-refractivity contribution in [2.75, 3.05) is 0 Å².